The molecule has 10 heteroatoms. The first-order valence-electron chi connectivity index (χ1n) is 4.87. The van der Waals surface area contributed by atoms with Gasteiger partial charge in [-0.3, -0.25) is 0 Å². The molecule has 18 heavy (non-hydrogen) atoms. The highest BCUT2D eigenvalue weighted by Gasteiger charge is 2.23. The zero-order chi connectivity index (χ0) is 13.3. The number of nitrogens with one attached hydrogen (secondary N) is 1. The Bertz CT molecular complexity index is 643. The molecule has 2 aromatic heterocycles. The molecule has 0 spiro atoms. The van der Waals surface area contributed by atoms with E-state index < -0.39 is 10.0 Å². The number of nitrogens with zero attached hydrogens (tertiary/aromatic N) is 4. The minimum atomic E-state index is -3.71. The number of sulfonamides is 1. The smallest absolute Gasteiger partial charge is 0.260 e. The third-order valence-corrected chi connectivity index (χ3v) is 4.39. The molecule has 0 saturated carbocycles. The van der Waals surface area contributed by atoms with Crippen LogP contribution in [0.2, 0.25) is 0 Å². The van der Waals surface area contributed by atoms with Gasteiger partial charge in [0.25, 0.3) is 10.0 Å². The molecule has 98 valence electrons. The Kier molecular flexibility index (Phi) is 3.50. The monoisotopic (exact) mass is 335 g/mol. The van der Waals surface area contributed by atoms with Gasteiger partial charge < -0.3 is 4.52 Å². The Morgan fingerprint density at radius 1 is 1.56 bits per heavy atom. The highest BCUT2D eigenvalue weighted by Crippen LogP contribution is 2.17. The van der Waals surface area contributed by atoms with Crippen LogP contribution < -0.4 is 4.72 Å². The fraction of sp³-hybridized carbons (Fsp3) is 0.375. The number of hydrogen-bond donors (Lipinski definition) is 1. The minimum Gasteiger partial charge on any atom is -0.360 e. The van der Waals surface area contributed by atoms with Crippen molar-refractivity contribution in [3.63, 3.8) is 0 Å². The van der Waals surface area contributed by atoms with Crippen molar-refractivity contribution in [3.8, 4) is 0 Å². The van der Waals surface area contributed by atoms with E-state index in [9.17, 15) is 8.42 Å². The van der Waals surface area contributed by atoms with Crippen LogP contribution in [0.15, 0.2) is 20.2 Å². The number of aryl methyl sites for hydroxylation is 2. The van der Waals surface area contributed by atoms with E-state index in [0.29, 0.717) is 11.5 Å². The van der Waals surface area contributed by atoms with Gasteiger partial charge in [-0.05, 0) is 22.9 Å². The van der Waals surface area contributed by atoms with Crippen molar-refractivity contribution in [1.29, 1.82) is 0 Å². The molecule has 0 fully saturated rings. The second kappa shape index (κ2) is 4.78. The first-order valence-corrected chi connectivity index (χ1v) is 7.15. The number of aromatic nitrogens is 4. The quantitative estimate of drug-likeness (QED) is 0.864. The largest absolute Gasteiger partial charge is 0.360 e. The Balaban J connectivity index is 2.18. The van der Waals surface area contributed by atoms with Crippen LogP contribution in [0.1, 0.15) is 11.5 Å². The van der Waals surface area contributed by atoms with Crippen LogP contribution in [-0.4, -0.2) is 28.6 Å². The standard InChI is InChI=1S/C8H10BrN5O3S/c1-5-3-6(17-12-5)4-10-18(15,16)8-7(9)11-13-14(8)2/h3,10H,4H2,1-2H3. The van der Waals surface area contributed by atoms with Crippen molar-refractivity contribution < 1.29 is 12.9 Å². The van der Waals surface area contributed by atoms with E-state index in [1.165, 1.54) is 7.05 Å². The van der Waals surface area contributed by atoms with Gasteiger partial charge in [-0.15, -0.1) is 5.10 Å². The van der Waals surface area contributed by atoms with E-state index in [0.717, 1.165) is 4.68 Å². The predicted molar refractivity (Wildman–Crippen MR) is 64.0 cm³/mol. The summed E-state index contributed by atoms with van der Waals surface area (Å²) in [5.74, 6) is 0.433. The summed E-state index contributed by atoms with van der Waals surface area (Å²) >= 11 is 3.03. The van der Waals surface area contributed by atoms with Crippen LogP contribution in [0.3, 0.4) is 0 Å². The molecule has 0 unspecified atom stereocenters. The number of halogens is 1. The van der Waals surface area contributed by atoms with Gasteiger partial charge >= 0.3 is 0 Å². The molecule has 0 aliphatic heterocycles. The van der Waals surface area contributed by atoms with Gasteiger partial charge in [0.2, 0.25) is 5.03 Å². The molecule has 0 saturated heterocycles. The molecule has 0 amide bonds. The Labute approximate surface area is 112 Å². The first-order chi connectivity index (χ1) is 8.40. The van der Waals surface area contributed by atoms with Crippen LogP contribution in [0, 0.1) is 6.92 Å². The summed E-state index contributed by atoms with van der Waals surface area (Å²) in [6.07, 6.45) is 0. The maximum absolute atomic E-state index is 12.0. The third-order valence-electron chi connectivity index (χ3n) is 2.10. The number of rotatable bonds is 4. The minimum absolute atomic E-state index is 0.0147. The maximum atomic E-state index is 12.0. The molecule has 1 N–H and O–H groups in total. The van der Waals surface area contributed by atoms with Crippen LogP contribution in [0.5, 0.6) is 0 Å². The molecule has 8 nitrogen and oxygen atoms in total. The molecule has 0 atom stereocenters. The lowest BCUT2D eigenvalue weighted by atomic mass is 10.4. The van der Waals surface area contributed by atoms with Gasteiger partial charge in [-0.25, -0.2) is 17.8 Å². The molecule has 0 bridgehead atoms. The van der Waals surface area contributed by atoms with Crippen molar-refractivity contribution in [2.24, 2.45) is 7.05 Å². The Hall–Kier alpha value is -1.26. The predicted octanol–water partition coefficient (Wildman–Crippen LogP) is 0.353. The molecule has 2 aromatic rings. The van der Waals surface area contributed by atoms with Crippen molar-refractivity contribution >= 4 is 26.0 Å². The third kappa shape index (κ3) is 2.60. The second-order valence-electron chi connectivity index (χ2n) is 3.57. The van der Waals surface area contributed by atoms with Gasteiger partial charge in [-0.2, -0.15) is 0 Å². The average Bonchev–Trinajstić information content (AvgIpc) is 2.83. The van der Waals surface area contributed by atoms with E-state index >= 15 is 0 Å². The molecule has 0 aliphatic rings. The van der Waals surface area contributed by atoms with Crippen molar-refractivity contribution in [3.05, 3.63) is 22.1 Å². The van der Waals surface area contributed by atoms with Crippen molar-refractivity contribution in [1.82, 2.24) is 24.9 Å². The molecule has 0 aliphatic carbocycles. The maximum Gasteiger partial charge on any atom is 0.260 e. The van der Waals surface area contributed by atoms with E-state index in [2.05, 4.69) is 36.1 Å². The lowest BCUT2D eigenvalue weighted by molar-refractivity contribution is 0.376. The zero-order valence-electron chi connectivity index (χ0n) is 9.58. The van der Waals surface area contributed by atoms with Gasteiger partial charge in [0.1, 0.15) is 0 Å². The second-order valence-corrected chi connectivity index (χ2v) is 6.00. The highest BCUT2D eigenvalue weighted by molar-refractivity contribution is 9.10. The molecule has 0 radical (unpaired) electrons. The first kappa shape index (κ1) is 13.2. The normalized spacial score (nSPS) is 11.9. The van der Waals surface area contributed by atoms with Gasteiger partial charge in [0, 0.05) is 13.1 Å². The Morgan fingerprint density at radius 3 is 2.78 bits per heavy atom. The van der Waals surface area contributed by atoms with E-state index in [-0.39, 0.29) is 16.2 Å². The topological polar surface area (TPSA) is 103 Å². The van der Waals surface area contributed by atoms with E-state index in [1.807, 2.05) is 0 Å². The van der Waals surface area contributed by atoms with E-state index in [4.69, 9.17) is 4.52 Å². The molecular formula is C8H10BrN5O3S. The summed E-state index contributed by atoms with van der Waals surface area (Å²) in [5, 5.41) is 10.8. The van der Waals surface area contributed by atoms with Gasteiger partial charge in [-0.1, -0.05) is 10.4 Å². The fourth-order valence-corrected chi connectivity index (χ4v) is 3.42. The molecule has 2 heterocycles. The number of hydrogen-bond acceptors (Lipinski definition) is 6. The summed E-state index contributed by atoms with van der Waals surface area (Å²) < 4.78 is 32.6. The van der Waals surface area contributed by atoms with Crippen LogP contribution in [0.4, 0.5) is 0 Å². The van der Waals surface area contributed by atoms with Crippen LogP contribution in [0.25, 0.3) is 0 Å². The summed E-state index contributed by atoms with van der Waals surface area (Å²) in [4.78, 5) is 0. The fourth-order valence-electron chi connectivity index (χ4n) is 1.34. The van der Waals surface area contributed by atoms with Crippen molar-refractivity contribution in [2.75, 3.05) is 0 Å². The van der Waals surface area contributed by atoms with Crippen molar-refractivity contribution in [2.45, 2.75) is 18.5 Å². The average molecular weight is 336 g/mol. The summed E-state index contributed by atoms with van der Waals surface area (Å²) in [7, 11) is -2.22. The van der Waals surface area contributed by atoms with Crippen LogP contribution in [-0.2, 0) is 23.6 Å². The zero-order valence-corrected chi connectivity index (χ0v) is 12.0. The lowest BCUT2D eigenvalue weighted by Crippen LogP contribution is -2.25. The molecular weight excluding hydrogens is 326 g/mol. The van der Waals surface area contributed by atoms with Crippen LogP contribution >= 0.6 is 15.9 Å². The molecule has 0 aromatic carbocycles. The summed E-state index contributed by atoms with van der Waals surface area (Å²) in [6, 6.07) is 1.65. The van der Waals surface area contributed by atoms with Gasteiger partial charge in [0.05, 0.1) is 12.2 Å². The SMILES string of the molecule is Cc1cc(CNS(=O)(=O)c2c(Br)nnn2C)on1. The Morgan fingerprint density at radius 2 is 2.28 bits per heavy atom. The van der Waals surface area contributed by atoms with E-state index in [1.54, 1.807) is 13.0 Å². The molecule has 2 rings (SSSR count). The summed E-state index contributed by atoms with van der Waals surface area (Å²) in [5.41, 5.74) is 0.688. The lowest BCUT2D eigenvalue weighted by Gasteiger charge is -2.04. The van der Waals surface area contributed by atoms with Gasteiger partial charge in [0.15, 0.2) is 10.4 Å². The highest BCUT2D eigenvalue weighted by atomic mass is 79.9. The summed E-state index contributed by atoms with van der Waals surface area (Å²) in [6.45, 7) is 1.77.